The van der Waals surface area contributed by atoms with Crippen LogP contribution >= 0.6 is 0 Å². The maximum absolute atomic E-state index is 11.9. The van der Waals surface area contributed by atoms with E-state index in [0.29, 0.717) is 12.2 Å². The average Bonchev–Trinajstić information content (AvgIpc) is 3.21. The molecule has 4 nitrogen and oxygen atoms in total. The Balaban J connectivity index is 2.25. The number of nitrogens with one attached hydrogen (secondary N) is 1. The first kappa shape index (κ1) is 13.9. The van der Waals surface area contributed by atoms with Crippen molar-refractivity contribution >= 4 is 15.7 Å². The summed E-state index contributed by atoms with van der Waals surface area (Å²) in [5.74, 6) is 5.74. The van der Waals surface area contributed by atoms with Gasteiger partial charge >= 0.3 is 0 Å². The van der Waals surface area contributed by atoms with Gasteiger partial charge in [-0.3, -0.25) is 4.72 Å². The Kier molecular flexibility index (Phi) is 4.13. The van der Waals surface area contributed by atoms with Crippen LogP contribution in [0.1, 0.15) is 30.9 Å². The molecule has 0 heterocycles. The Hall–Kier alpha value is -1.51. The van der Waals surface area contributed by atoms with E-state index in [9.17, 15) is 8.42 Å². The fourth-order valence-electron chi connectivity index (χ4n) is 1.83. The third kappa shape index (κ3) is 3.49. The monoisotopic (exact) mass is 278 g/mol. The summed E-state index contributed by atoms with van der Waals surface area (Å²) >= 11 is 0. The van der Waals surface area contributed by atoms with Gasteiger partial charge in [0.1, 0.15) is 0 Å². The van der Waals surface area contributed by atoms with E-state index in [2.05, 4.69) is 16.6 Å². The fraction of sp³-hybridized carbons (Fsp3) is 0.429. The van der Waals surface area contributed by atoms with E-state index >= 15 is 0 Å². The number of rotatable bonds is 4. The molecule has 1 aliphatic rings. The molecule has 0 unspecified atom stereocenters. The number of hydrogen-bond donors (Lipinski definition) is 2. The van der Waals surface area contributed by atoms with Crippen molar-refractivity contribution in [2.24, 2.45) is 5.73 Å². The van der Waals surface area contributed by atoms with Gasteiger partial charge in [-0.05, 0) is 43.0 Å². The Bertz CT molecular complexity index is 623. The van der Waals surface area contributed by atoms with Crippen molar-refractivity contribution in [1.29, 1.82) is 0 Å². The first-order chi connectivity index (χ1) is 9.06. The predicted octanol–water partition coefficient (Wildman–Crippen LogP) is 1.46. The fourth-order valence-corrected chi connectivity index (χ4v) is 3.26. The summed E-state index contributed by atoms with van der Waals surface area (Å²) in [4.78, 5) is 0. The lowest BCUT2D eigenvalue weighted by atomic mass is 10.1. The van der Waals surface area contributed by atoms with Crippen molar-refractivity contribution in [3.05, 3.63) is 29.3 Å². The summed E-state index contributed by atoms with van der Waals surface area (Å²) in [6.45, 7) is 2.31. The van der Waals surface area contributed by atoms with Gasteiger partial charge in [-0.2, -0.15) is 0 Å². The topological polar surface area (TPSA) is 72.2 Å². The maximum atomic E-state index is 11.9. The summed E-state index contributed by atoms with van der Waals surface area (Å²) in [5.41, 5.74) is 7.80. The van der Waals surface area contributed by atoms with Crippen molar-refractivity contribution in [2.75, 3.05) is 11.3 Å². The number of anilines is 1. The van der Waals surface area contributed by atoms with E-state index in [1.54, 1.807) is 6.07 Å². The molecule has 102 valence electrons. The molecule has 1 fully saturated rings. The van der Waals surface area contributed by atoms with Gasteiger partial charge in [-0.1, -0.05) is 18.8 Å². The molecule has 1 aliphatic carbocycles. The van der Waals surface area contributed by atoms with Gasteiger partial charge in [-0.25, -0.2) is 8.42 Å². The van der Waals surface area contributed by atoms with Crippen LogP contribution in [0.25, 0.3) is 0 Å². The summed E-state index contributed by atoms with van der Waals surface area (Å²) in [6, 6.07) is 5.50. The highest BCUT2D eigenvalue weighted by Gasteiger charge is 2.35. The normalized spacial score (nSPS) is 14.6. The van der Waals surface area contributed by atoms with E-state index in [0.717, 1.165) is 30.4 Å². The van der Waals surface area contributed by atoms with E-state index in [4.69, 9.17) is 5.73 Å². The van der Waals surface area contributed by atoms with Crippen LogP contribution in [0, 0.1) is 11.8 Å². The van der Waals surface area contributed by atoms with Gasteiger partial charge < -0.3 is 5.73 Å². The Morgan fingerprint density at radius 2 is 2.16 bits per heavy atom. The van der Waals surface area contributed by atoms with Crippen molar-refractivity contribution in [2.45, 2.75) is 31.4 Å². The number of aryl methyl sites for hydroxylation is 1. The van der Waals surface area contributed by atoms with E-state index in [1.807, 2.05) is 19.1 Å². The molecule has 0 atom stereocenters. The molecule has 0 saturated heterocycles. The second-order valence-corrected chi connectivity index (χ2v) is 6.54. The maximum Gasteiger partial charge on any atom is 0.235 e. The largest absolute Gasteiger partial charge is 0.320 e. The van der Waals surface area contributed by atoms with E-state index < -0.39 is 10.0 Å². The molecule has 0 aromatic heterocycles. The smallest absolute Gasteiger partial charge is 0.235 e. The van der Waals surface area contributed by atoms with Gasteiger partial charge in [0, 0.05) is 5.56 Å². The Morgan fingerprint density at radius 1 is 1.42 bits per heavy atom. The quantitative estimate of drug-likeness (QED) is 0.819. The molecule has 0 amide bonds. The average molecular weight is 278 g/mol. The lowest BCUT2D eigenvalue weighted by Gasteiger charge is -2.11. The Labute approximate surface area is 114 Å². The number of nitrogens with two attached hydrogens (primary N) is 1. The summed E-state index contributed by atoms with van der Waals surface area (Å²) in [5, 5.41) is -0.214. The van der Waals surface area contributed by atoms with Crippen LogP contribution in [0.2, 0.25) is 0 Å². The number of benzene rings is 1. The van der Waals surface area contributed by atoms with Crippen molar-refractivity contribution in [3.8, 4) is 11.8 Å². The molecule has 19 heavy (non-hydrogen) atoms. The van der Waals surface area contributed by atoms with E-state index in [1.165, 1.54) is 0 Å². The molecule has 2 rings (SSSR count). The van der Waals surface area contributed by atoms with Gasteiger partial charge in [0.05, 0.1) is 17.5 Å². The van der Waals surface area contributed by atoms with Crippen LogP contribution in [0.15, 0.2) is 18.2 Å². The molecular formula is C14H18N2O2S. The zero-order chi connectivity index (χ0) is 13.9. The first-order valence-corrected chi connectivity index (χ1v) is 7.95. The molecule has 1 aromatic carbocycles. The Morgan fingerprint density at radius 3 is 2.74 bits per heavy atom. The number of hydrogen-bond acceptors (Lipinski definition) is 3. The summed E-state index contributed by atoms with van der Waals surface area (Å²) in [7, 11) is -3.21. The van der Waals surface area contributed by atoms with Crippen LogP contribution < -0.4 is 10.5 Å². The zero-order valence-corrected chi connectivity index (χ0v) is 11.8. The minimum absolute atomic E-state index is 0.214. The van der Waals surface area contributed by atoms with Crippen LogP contribution in [0.3, 0.4) is 0 Å². The lowest BCUT2D eigenvalue weighted by molar-refractivity contribution is 0.600. The van der Waals surface area contributed by atoms with Crippen LogP contribution in [-0.2, 0) is 16.4 Å². The predicted molar refractivity (Wildman–Crippen MR) is 77.3 cm³/mol. The van der Waals surface area contributed by atoms with Gasteiger partial charge in [0.2, 0.25) is 10.0 Å². The number of sulfonamides is 1. The summed E-state index contributed by atoms with van der Waals surface area (Å²) in [6.07, 6.45) is 2.27. The first-order valence-electron chi connectivity index (χ1n) is 6.40. The molecule has 1 saturated carbocycles. The highest BCUT2D eigenvalue weighted by Crippen LogP contribution is 2.30. The summed E-state index contributed by atoms with van der Waals surface area (Å²) < 4.78 is 26.5. The minimum atomic E-state index is -3.21. The van der Waals surface area contributed by atoms with Crippen LogP contribution in [0.5, 0.6) is 0 Å². The second-order valence-electron chi connectivity index (χ2n) is 4.58. The molecule has 0 spiro atoms. The minimum Gasteiger partial charge on any atom is -0.320 e. The third-order valence-electron chi connectivity index (χ3n) is 3.04. The van der Waals surface area contributed by atoms with Gasteiger partial charge in [0.25, 0.3) is 0 Å². The van der Waals surface area contributed by atoms with Crippen LogP contribution in [0.4, 0.5) is 5.69 Å². The van der Waals surface area contributed by atoms with Crippen molar-refractivity contribution in [3.63, 3.8) is 0 Å². The SMILES string of the molecule is CCc1cc(C#CCN)ccc1NS(=O)(=O)C1CC1. The molecule has 5 heteroatoms. The second kappa shape index (κ2) is 5.64. The third-order valence-corrected chi connectivity index (χ3v) is 4.89. The molecule has 0 radical (unpaired) electrons. The molecular weight excluding hydrogens is 260 g/mol. The molecule has 0 aliphatic heterocycles. The highest BCUT2D eigenvalue weighted by atomic mass is 32.2. The zero-order valence-electron chi connectivity index (χ0n) is 10.9. The lowest BCUT2D eigenvalue weighted by Crippen LogP contribution is -2.18. The van der Waals surface area contributed by atoms with Crippen molar-refractivity contribution in [1.82, 2.24) is 0 Å². The molecule has 3 N–H and O–H groups in total. The van der Waals surface area contributed by atoms with E-state index in [-0.39, 0.29) is 5.25 Å². The standard InChI is InChI=1S/C14H18N2O2S/c1-2-12-10-11(4-3-9-15)5-8-14(12)16-19(17,18)13-6-7-13/h5,8,10,13,16H,2,6-7,9,15H2,1H3. The van der Waals surface area contributed by atoms with Gasteiger partial charge in [-0.15, -0.1) is 0 Å². The van der Waals surface area contributed by atoms with Gasteiger partial charge in [0.15, 0.2) is 0 Å². The molecule has 1 aromatic rings. The van der Waals surface area contributed by atoms with Crippen LogP contribution in [-0.4, -0.2) is 20.2 Å². The van der Waals surface area contributed by atoms with Crippen molar-refractivity contribution < 1.29 is 8.42 Å². The highest BCUT2D eigenvalue weighted by molar-refractivity contribution is 7.93. The molecule has 0 bridgehead atoms.